The van der Waals surface area contributed by atoms with Gasteiger partial charge < -0.3 is 10.2 Å². The lowest BCUT2D eigenvalue weighted by atomic mass is 9.87. The van der Waals surface area contributed by atoms with E-state index in [2.05, 4.69) is 50.3 Å². The van der Waals surface area contributed by atoms with E-state index in [1.165, 1.54) is 25.9 Å². The highest BCUT2D eigenvalue weighted by atomic mass is 32.1. The van der Waals surface area contributed by atoms with Crippen molar-refractivity contribution in [1.82, 2.24) is 0 Å². The summed E-state index contributed by atoms with van der Waals surface area (Å²) in [6.07, 6.45) is 12.6. The molecule has 3 nitrogen and oxygen atoms in total. The summed E-state index contributed by atoms with van der Waals surface area (Å²) in [7, 11) is 0. The third-order valence-corrected chi connectivity index (χ3v) is 8.01. The van der Waals surface area contributed by atoms with Gasteiger partial charge in [-0.15, -0.1) is 22.7 Å². The third kappa shape index (κ3) is 9.30. The molecule has 2 aromatic heterocycles. The first-order chi connectivity index (χ1) is 14.6. The second-order valence-electron chi connectivity index (χ2n) is 9.87. The van der Waals surface area contributed by atoms with E-state index in [-0.39, 0.29) is 12.0 Å². The molecule has 0 fully saturated rings. The van der Waals surface area contributed by atoms with E-state index < -0.39 is 11.4 Å². The Balaban J connectivity index is 1.73. The van der Waals surface area contributed by atoms with Crippen molar-refractivity contribution in [3.8, 4) is 0 Å². The minimum Gasteiger partial charge on any atom is -0.481 e. The Morgan fingerprint density at radius 2 is 1.32 bits per heavy atom. The Bertz CT molecular complexity index is 842. The molecule has 0 bridgehead atoms. The number of hydrogen-bond acceptors (Lipinski definition) is 4. The fourth-order valence-electron chi connectivity index (χ4n) is 3.36. The molecule has 172 valence electrons. The molecule has 0 aliphatic carbocycles. The van der Waals surface area contributed by atoms with Crippen LogP contribution in [0.3, 0.4) is 0 Å². The molecule has 0 spiro atoms. The predicted octanol–water partition coefficient (Wildman–Crippen LogP) is 7.53. The molecule has 31 heavy (non-hydrogen) atoms. The lowest BCUT2D eigenvalue weighted by Crippen LogP contribution is -2.23. The summed E-state index contributed by atoms with van der Waals surface area (Å²) in [5, 5.41) is 18.5. The zero-order valence-electron chi connectivity index (χ0n) is 19.4. The zero-order chi connectivity index (χ0) is 22.9. The van der Waals surface area contributed by atoms with Gasteiger partial charge in [0.1, 0.15) is 0 Å². The monoisotopic (exact) mass is 462 g/mol. The second kappa shape index (κ2) is 12.0. The summed E-state index contributed by atoms with van der Waals surface area (Å²) in [5.41, 5.74) is -0.586. The van der Waals surface area contributed by atoms with E-state index >= 15 is 0 Å². The van der Waals surface area contributed by atoms with Crippen LogP contribution in [0.25, 0.3) is 12.2 Å². The van der Waals surface area contributed by atoms with Crippen LogP contribution in [0.15, 0.2) is 24.3 Å². The molecule has 0 atom stereocenters. The van der Waals surface area contributed by atoms with E-state index in [4.69, 9.17) is 0 Å². The number of carboxylic acid groups (broad SMARTS) is 1. The minimum absolute atomic E-state index is 0.0397. The van der Waals surface area contributed by atoms with Crippen molar-refractivity contribution < 1.29 is 15.0 Å². The van der Waals surface area contributed by atoms with Crippen LogP contribution < -0.4 is 0 Å². The van der Waals surface area contributed by atoms with Gasteiger partial charge in [-0.2, -0.15) is 0 Å². The van der Waals surface area contributed by atoms with Crippen LogP contribution in [0.4, 0.5) is 0 Å². The van der Waals surface area contributed by atoms with Crippen LogP contribution in [0, 0.1) is 10.8 Å². The predicted molar refractivity (Wildman–Crippen MR) is 135 cm³/mol. The van der Waals surface area contributed by atoms with E-state index in [9.17, 15) is 15.0 Å². The number of thiophene rings is 2. The van der Waals surface area contributed by atoms with Crippen LogP contribution in [0.1, 0.15) is 85.7 Å². The molecule has 0 aliphatic rings. The van der Waals surface area contributed by atoms with E-state index in [1.54, 1.807) is 13.8 Å². The van der Waals surface area contributed by atoms with Crippen LogP contribution in [0.5, 0.6) is 0 Å². The number of aliphatic carboxylic acids is 1. The molecule has 0 unspecified atom stereocenters. The van der Waals surface area contributed by atoms with Crippen molar-refractivity contribution in [2.45, 2.75) is 79.1 Å². The number of carboxylic acids is 1. The Morgan fingerprint density at radius 1 is 0.839 bits per heavy atom. The number of aryl methyl sites for hydroxylation is 2. The molecule has 0 radical (unpaired) electrons. The summed E-state index contributed by atoms with van der Waals surface area (Å²) in [6.45, 7) is 8.11. The topological polar surface area (TPSA) is 57.5 Å². The second-order valence-corrected chi connectivity index (χ2v) is 12.3. The first-order valence-electron chi connectivity index (χ1n) is 11.3. The normalized spacial score (nSPS) is 12.7. The van der Waals surface area contributed by atoms with Gasteiger partial charge in [0.2, 0.25) is 0 Å². The number of hydrogen-bond donors (Lipinski definition) is 2. The highest BCUT2D eigenvalue weighted by Crippen LogP contribution is 2.27. The number of aliphatic hydroxyl groups excluding tert-OH is 1. The zero-order valence-corrected chi connectivity index (χ0v) is 21.1. The fourth-order valence-corrected chi connectivity index (χ4v) is 5.27. The standard InChI is InChI=1S/C26H38O3S2/c1-25(2,19-27)17-7-5-9-20-11-13-22(30-20)15-16-23-14-12-21(31-23)10-6-8-18-26(3,4)24(28)29/h11-16,27H,5-10,17-19H2,1-4H3,(H,28,29). The molecule has 0 aliphatic heterocycles. The lowest BCUT2D eigenvalue weighted by Gasteiger charge is -2.20. The largest absolute Gasteiger partial charge is 0.481 e. The molecule has 0 saturated carbocycles. The van der Waals surface area contributed by atoms with Gasteiger partial charge in [-0.3, -0.25) is 4.79 Å². The number of carbonyl (C=O) groups is 1. The van der Waals surface area contributed by atoms with Crippen molar-refractivity contribution in [1.29, 1.82) is 0 Å². The van der Waals surface area contributed by atoms with Crippen LogP contribution in [-0.4, -0.2) is 22.8 Å². The van der Waals surface area contributed by atoms with E-state index in [0.29, 0.717) is 0 Å². The van der Waals surface area contributed by atoms with Gasteiger partial charge >= 0.3 is 5.97 Å². The van der Waals surface area contributed by atoms with Gasteiger partial charge in [0, 0.05) is 26.1 Å². The van der Waals surface area contributed by atoms with Gasteiger partial charge in [0.15, 0.2) is 0 Å². The van der Waals surface area contributed by atoms with Crippen molar-refractivity contribution in [2.75, 3.05) is 6.61 Å². The first kappa shape index (κ1) is 25.8. The first-order valence-corrected chi connectivity index (χ1v) is 12.9. The molecule has 0 aromatic carbocycles. The quantitative estimate of drug-likeness (QED) is 0.285. The molecule has 0 saturated heterocycles. The highest BCUT2D eigenvalue weighted by Gasteiger charge is 2.26. The molecule has 2 heterocycles. The highest BCUT2D eigenvalue weighted by molar-refractivity contribution is 7.13. The molecule has 5 heteroatoms. The van der Waals surface area contributed by atoms with Crippen molar-refractivity contribution in [2.24, 2.45) is 10.8 Å². The summed E-state index contributed by atoms with van der Waals surface area (Å²) in [6, 6.07) is 8.81. The molecule has 2 rings (SSSR count). The van der Waals surface area contributed by atoms with Gasteiger partial charge in [-0.05, 0) is 94.2 Å². The summed E-state index contributed by atoms with van der Waals surface area (Å²) < 4.78 is 0. The van der Waals surface area contributed by atoms with Crippen molar-refractivity contribution in [3.05, 3.63) is 43.8 Å². The SMILES string of the molecule is CC(C)(CO)CCCCc1ccc(C=Cc2ccc(CCCCC(C)(C)C(=O)O)s2)s1. The average Bonchev–Trinajstić information content (AvgIpc) is 3.36. The summed E-state index contributed by atoms with van der Waals surface area (Å²) in [4.78, 5) is 16.5. The van der Waals surface area contributed by atoms with Crippen LogP contribution in [-0.2, 0) is 17.6 Å². The Labute approximate surface area is 195 Å². The van der Waals surface area contributed by atoms with Gasteiger partial charge in [-0.25, -0.2) is 0 Å². The van der Waals surface area contributed by atoms with Gasteiger partial charge in [-0.1, -0.05) is 26.7 Å². The average molecular weight is 463 g/mol. The van der Waals surface area contributed by atoms with Crippen LogP contribution in [0.2, 0.25) is 0 Å². The number of aliphatic hydroxyl groups is 1. The molecule has 2 aromatic rings. The number of rotatable bonds is 14. The van der Waals surface area contributed by atoms with Gasteiger partial charge in [0.05, 0.1) is 5.41 Å². The minimum atomic E-state index is -0.710. The van der Waals surface area contributed by atoms with Crippen molar-refractivity contribution >= 4 is 40.8 Å². The third-order valence-electron chi connectivity index (χ3n) is 5.79. The van der Waals surface area contributed by atoms with E-state index in [0.717, 1.165) is 44.9 Å². The molecule has 0 amide bonds. The van der Waals surface area contributed by atoms with E-state index in [1.807, 2.05) is 22.7 Å². The fraction of sp³-hybridized carbons (Fsp3) is 0.577. The smallest absolute Gasteiger partial charge is 0.309 e. The molecular formula is C26H38O3S2. The maximum absolute atomic E-state index is 11.2. The lowest BCUT2D eigenvalue weighted by molar-refractivity contribution is -0.147. The maximum Gasteiger partial charge on any atom is 0.309 e. The van der Waals surface area contributed by atoms with Crippen molar-refractivity contribution in [3.63, 3.8) is 0 Å². The molecular weight excluding hydrogens is 424 g/mol. The number of unbranched alkanes of at least 4 members (excludes halogenated alkanes) is 2. The maximum atomic E-state index is 11.2. The summed E-state index contributed by atoms with van der Waals surface area (Å²) >= 11 is 3.69. The Hall–Kier alpha value is -1.43. The Kier molecular flexibility index (Phi) is 9.98. The van der Waals surface area contributed by atoms with Gasteiger partial charge in [0.25, 0.3) is 0 Å². The molecule has 2 N–H and O–H groups in total. The van der Waals surface area contributed by atoms with Crippen LogP contribution >= 0.6 is 22.7 Å². The summed E-state index contributed by atoms with van der Waals surface area (Å²) in [5.74, 6) is -0.710. The Morgan fingerprint density at radius 3 is 1.77 bits per heavy atom.